The summed E-state index contributed by atoms with van der Waals surface area (Å²) in [5, 5.41) is 14.7. The number of hydrogen-bond acceptors (Lipinski definition) is 4. The SMILES string of the molecule is Cc1ccccc1-c1ccc2c(c1)c1ccccc1n2-c1ccc(-c2nc(-c3ccccc3)nc(-c3ccccc3)n2)cc1-c1ccc(-n2c3ccccc3c3cc(-c4ccccc4C)ccc32)c(-c2ccc(C#N)cc2)c1. The Kier molecular flexibility index (Phi) is 11.2. The zero-order valence-electron chi connectivity index (χ0n) is 42.9. The second-order valence-corrected chi connectivity index (χ2v) is 20.0. The number of aromatic nitrogens is 5. The van der Waals surface area contributed by atoms with Crippen LogP contribution in [-0.4, -0.2) is 24.1 Å². The van der Waals surface area contributed by atoms with Crippen LogP contribution in [0.25, 0.3) is 134 Å². The van der Waals surface area contributed by atoms with E-state index in [1.54, 1.807) is 0 Å². The van der Waals surface area contributed by atoms with E-state index in [1.807, 2.05) is 72.8 Å². The lowest BCUT2D eigenvalue weighted by Gasteiger charge is -2.19. The number of nitrogens with zero attached hydrogens (tertiary/aromatic N) is 6. The largest absolute Gasteiger partial charge is 0.309 e. The Morgan fingerprint density at radius 2 is 0.667 bits per heavy atom. The molecular weight excluding hydrogens is 949 g/mol. The summed E-state index contributed by atoms with van der Waals surface area (Å²) in [6, 6.07) is 92.4. The molecule has 0 fully saturated rings. The number of aryl methyl sites for hydroxylation is 2. The van der Waals surface area contributed by atoms with Gasteiger partial charge in [-0.05, 0) is 137 Å². The molecule has 0 radical (unpaired) electrons. The van der Waals surface area contributed by atoms with Crippen molar-refractivity contribution in [2.24, 2.45) is 0 Å². The molecule has 14 aromatic rings. The third-order valence-electron chi connectivity index (χ3n) is 15.3. The molecular formula is C72H48N6. The normalized spacial score (nSPS) is 11.4. The van der Waals surface area contributed by atoms with Crippen molar-refractivity contribution in [3.63, 3.8) is 0 Å². The molecule has 0 spiro atoms. The third kappa shape index (κ3) is 7.92. The number of benzene rings is 11. The smallest absolute Gasteiger partial charge is 0.164 e. The molecule has 14 rings (SSSR count). The van der Waals surface area contributed by atoms with Crippen LogP contribution < -0.4 is 0 Å². The van der Waals surface area contributed by atoms with Gasteiger partial charge in [0.05, 0.1) is 45.1 Å². The Morgan fingerprint density at radius 3 is 1.17 bits per heavy atom. The van der Waals surface area contributed by atoms with Crippen LogP contribution in [0.3, 0.4) is 0 Å². The number of para-hydroxylation sites is 2. The Bertz CT molecular complexity index is 4640. The molecule has 3 heterocycles. The van der Waals surface area contributed by atoms with Crippen LogP contribution in [0.5, 0.6) is 0 Å². The Labute approximate surface area is 452 Å². The molecule has 6 nitrogen and oxygen atoms in total. The molecule has 0 aliphatic carbocycles. The standard InChI is InChI=1S/C72H48N6/c1-46-17-9-11-23-56(46)52-33-38-68-62(42-52)58-25-13-15-27-64(58)77(68)66-37-35-54(41-60(66)49-31-29-48(45-73)30-32-49)61-44-55(72-75-70(50-19-5-3-6-20-50)74-71(76-72)51-21-7-4-8-22-51)36-40-67(61)78-65-28-16-14-26-59(65)63-43-53(34-39-69(63)78)57-24-12-10-18-47(57)2/h3-44H,1-2H3. The molecule has 6 heteroatoms. The van der Waals surface area contributed by atoms with Crippen molar-refractivity contribution >= 4 is 43.6 Å². The highest BCUT2D eigenvalue weighted by Gasteiger charge is 2.23. The first kappa shape index (κ1) is 46.1. The highest BCUT2D eigenvalue weighted by atomic mass is 15.0. The lowest BCUT2D eigenvalue weighted by Crippen LogP contribution is -2.02. The summed E-state index contributed by atoms with van der Waals surface area (Å²) in [6.07, 6.45) is 0. The second-order valence-electron chi connectivity index (χ2n) is 20.0. The van der Waals surface area contributed by atoms with Gasteiger partial charge in [0.1, 0.15) is 0 Å². The Balaban J connectivity index is 1.04. The average Bonchev–Trinajstić information content (AvgIpc) is 4.24. The van der Waals surface area contributed by atoms with E-state index in [-0.39, 0.29) is 0 Å². The van der Waals surface area contributed by atoms with Gasteiger partial charge in [-0.15, -0.1) is 0 Å². The fourth-order valence-corrected chi connectivity index (χ4v) is 11.5. The van der Waals surface area contributed by atoms with Crippen molar-refractivity contribution in [2.75, 3.05) is 0 Å². The van der Waals surface area contributed by atoms with E-state index in [4.69, 9.17) is 15.0 Å². The van der Waals surface area contributed by atoms with Crippen molar-refractivity contribution in [1.29, 1.82) is 5.26 Å². The van der Waals surface area contributed by atoms with Crippen LogP contribution in [-0.2, 0) is 0 Å². The number of rotatable bonds is 9. The minimum absolute atomic E-state index is 0.569. The van der Waals surface area contributed by atoms with E-state index in [0.29, 0.717) is 23.0 Å². The molecule has 0 bridgehead atoms. The van der Waals surface area contributed by atoms with Gasteiger partial charge in [-0.25, -0.2) is 15.0 Å². The van der Waals surface area contributed by atoms with E-state index in [1.165, 1.54) is 54.9 Å². The molecule has 0 aliphatic heterocycles. The highest BCUT2D eigenvalue weighted by molar-refractivity contribution is 6.12. The Hall–Kier alpha value is -10.5. The fourth-order valence-electron chi connectivity index (χ4n) is 11.5. The number of nitriles is 1. The first-order valence-electron chi connectivity index (χ1n) is 26.3. The summed E-state index contributed by atoms with van der Waals surface area (Å²) >= 11 is 0. The summed E-state index contributed by atoms with van der Waals surface area (Å²) in [5.41, 5.74) is 21.0. The van der Waals surface area contributed by atoms with Crippen LogP contribution in [0.2, 0.25) is 0 Å². The molecule has 0 aliphatic rings. The summed E-state index contributed by atoms with van der Waals surface area (Å²) in [5.74, 6) is 1.77. The quantitative estimate of drug-likeness (QED) is 0.144. The van der Waals surface area contributed by atoms with E-state index < -0.39 is 0 Å². The molecule has 0 unspecified atom stereocenters. The molecule has 0 atom stereocenters. The summed E-state index contributed by atoms with van der Waals surface area (Å²) in [4.78, 5) is 15.5. The molecule has 0 amide bonds. The molecule has 0 N–H and O–H groups in total. The number of hydrogen-bond donors (Lipinski definition) is 0. The summed E-state index contributed by atoms with van der Waals surface area (Å²) in [7, 11) is 0. The van der Waals surface area contributed by atoms with E-state index in [9.17, 15) is 5.26 Å². The van der Waals surface area contributed by atoms with Gasteiger partial charge in [0.25, 0.3) is 0 Å². The molecule has 78 heavy (non-hydrogen) atoms. The van der Waals surface area contributed by atoms with Gasteiger partial charge in [-0.1, -0.05) is 176 Å². The van der Waals surface area contributed by atoms with E-state index in [0.717, 1.165) is 72.4 Å². The van der Waals surface area contributed by atoms with Gasteiger partial charge in [0, 0.05) is 49.4 Å². The van der Waals surface area contributed by atoms with Gasteiger partial charge in [-0.2, -0.15) is 5.26 Å². The first-order chi connectivity index (χ1) is 38.5. The van der Waals surface area contributed by atoms with Crippen LogP contribution >= 0.6 is 0 Å². The van der Waals surface area contributed by atoms with E-state index >= 15 is 0 Å². The third-order valence-corrected chi connectivity index (χ3v) is 15.3. The predicted octanol–water partition coefficient (Wildman–Crippen LogP) is 18.2. The van der Waals surface area contributed by atoms with Crippen LogP contribution in [0.1, 0.15) is 16.7 Å². The summed E-state index contributed by atoms with van der Waals surface area (Å²) < 4.78 is 4.82. The molecule has 0 saturated heterocycles. The maximum atomic E-state index is 10.0. The van der Waals surface area contributed by atoms with Crippen LogP contribution in [0.4, 0.5) is 0 Å². The maximum Gasteiger partial charge on any atom is 0.164 e. The Morgan fingerprint density at radius 1 is 0.295 bits per heavy atom. The van der Waals surface area contributed by atoms with Gasteiger partial charge in [0.15, 0.2) is 17.5 Å². The highest BCUT2D eigenvalue weighted by Crippen LogP contribution is 2.44. The van der Waals surface area contributed by atoms with Crippen molar-refractivity contribution in [1.82, 2.24) is 24.1 Å². The van der Waals surface area contributed by atoms with Gasteiger partial charge in [-0.3, -0.25) is 0 Å². The molecule has 11 aromatic carbocycles. The fraction of sp³-hybridized carbons (Fsp3) is 0.0278. The van der Waals surface area contributed by atoms with Crippen molar-refractivity contribution in [3.05, 3.63) is 271 Å². The van der Waals surface area contributed by atoms with Gasteiger partial charge >= 0.3 is 0 Å². The second kappa shape index (κ2) is 19.0. The van der Waals surface area contributed by atoms with E-state index in [2.05, 4.69) is 211 Å². The monoisotopic (exact) mass is 996 g/mol. The van der Waals surface area contributed by atoms with Gasteiger partial charge in [0.2, 0.25) is 0 Å². The topological polar surface area (TPSA) is 72.3 Å². The van der Waals surface area contributed by atoms with Crippen LogP contribution in [0.15, 0.2) is 255 Å². The first-order valence-corrected chi connectivity index (χ1v) is 26.3. The zero-order valence-corrected chi connectivity index (χ0v) is 42.9. The maximum absolute atomic E-state index is 10.0. The molecule has 366 valence electrons. The van der Waals surface area contributed by atoms with Crippen molar-refractivity contribution in [3.8, 4) is 96.1 Å². The summed E-state index contributed by atoms with van der Waals surface area (Å²) in [6.45, 7) is 4.35. The number of fused-ring (bicyclic) bond motifs is 6. The van der Waals surface area contributed by atoms with Crippen molar-refractivity contribution in [2.45, 2.75) is 13.8 Å². The lowest BCUT2D eigenvalue weighted by atomic mass is 9.94. The lowest BCUT2D eigenvalue weighted by molar-refractivity contribution is 1.07. The zero-order chi connectivity index (χ0) is 52.3. The van der Waals surface area contributed by atoms with Gasteiger partial charge < -0.3 is 9.13 Å². The average molecular weight is 997 g/mol. The molecule has 0 saturated carbocycles. The molecule has 3 aromatic heterocycles. The minimum atomic E-state index is 0.569. The predicted molar refractivity (Wildman–Crippen MR) is 321 cm³/mol. The van der Waals surface area contributed by atoms with Crippen LogP contribution in [0, 0.1) is 25.2 Å². The van der Waals surface area contributed by atoms with Crippen molar-refractivity contribution < 1.29 is 0 Å². The minimum Gasteiger partial charge on any atom is -0.309 e.